The first kappa shape index (κ1) is 29.1. The fourth-order valence-electron chi connectivity index (χ4n) is 6.63. The molecule has 9 rings (SSSR count). The van der Waals surface area contributed by atoms with Crippen molar-refractivity contribution in [2.24, 2.45) is 0 Å². The zero-order chi connectivity index (χ0) is 33.6. The van der Waals surface area contributed by atoms with E-state index in [1.54, 1.807) is 36.7 Å². The van der Waals surface area contributed by atoms with Crippen molar-refractivity contribution in [3.63, 3.8) is 0 Å². The minimum Gasteiger partial charge on any atom is -0.508 e. The van der Waals surface area contributed by atoms with Gasteiger partial charge in [-0.25, -0.2) is 9.97 Å². The highest BCUT2D eigenvalue weighted by atomic mass is 16.3. The molecule has 0 radical (unpaired) electrons. The van der Waals surface area contributed by atoms with Crippen LogP contribution in [0.3, 0.4) is 0 Å². The van der Waals surface area contributed by atoms with E-state index in [2.05, 4.69) is 9.97 Å². The van der Waals surface area contributed by atoms with Gasteiger partial charge in [0.05, 0.1) is 45.2 Å². The standard InChI is InChI=1S/C42H28N6O2/c49-27-11-7-25(8-12-27)39-31-15-16-32(45-31)40(26-9-13-28(50)14-10-26)34-18-20-36(47-34)42(30-6-2-4-24-44-30)38-22-21-37(48-38)41(29-5-1-3-23-43-29)35-19-17-33(39)46-35/h1-24,46-47,49-50H. The first-order valence-corrected chi connectivity index (χ1v) is 16.2. The van der Waals surface area contributed by atoms with E-state index in [1.165, 1.54) is 0 Å². The van der Waals surface area contributed by atoms with Gasteiger partial charge in [0.25, 0.3) is 0 Å². The Bertz CT molecular complexity index is 2460. The van der Waals surface area contributed by atoms with Gasteiger partial charge in [-0.15, -0.1) is 0 Å². The van der Waals surface area contributed by atoms with Gasteiger partial charge < -0.3 is 20.2 Å². The Morgan fingerprint density at radius 1 is 0.380 bits per heavy atom. The monoisotopic (exact) mass is 648 g/mol. The molecule has 8 bridgehead atoms. The van der Waals surface area contributed by atoms with Gasteiger partial charge in [0.15, 0.2) is 0 Å². The topological polar surface area (TPSA) is 124 Å². The molecule has 0 aliphatic carbocycles. The van der Waals surface area contributed by atoms with Crippen molar-refractivity contribution >= 4 is 46.4 Å². The molecule has 2 aromatic carbocycles. The van der Waals surface area contributed by atoms with Crippen molar-refractivity contribution in [2.75, 3.05) is 0 Å². The highest BCUT2D eigenvalue weighted by Crippen LogP contribution is 2.38. The van der Waals surface area contributed by atoms with Gasteiger partial charge in [0.1, 0.15) is 11.5 Å². The lowest BCUT2D eigenvalue weighted by atomic mass is 10.0. The van der Waals surface area contributed by atoms with Crippen LogP contribution >= 0.6 is 0 Å². The lowest BCUT2D eigenvalue weighted by Crippen LogP contribution is -1.91. The van der Waals surface area contributed by atoms with E-state index in [0.717, 1.165) is 89.6 Å². The van der Waals surface area contributed by atoms with Crippen LogP contribution in [0.4, 0.5) is 0 Å². The maximum absolute atomic E-state index is 10.2. The zero-order valence-electron chi connectivity index (χ0n) is 26.5. The summed E-state index contributed by atoms with van der Waals surface area (Å²) in [6.45, 7) is 0. The number of fused-ring (bicyclic) bond motifs is 8. The molecule has 50 heavy (non-hydrogen) atoms. The number of hydrogen-bond acceptors (Lipinski definition) is 6. The Morgan fingerprint density at radius 3 is 1.10 bits per heavy atom. The van der Waals surface area contributed by atoms with Crippen molar-refractivity contribution in [1.82, 2.24) is 29.9 Å². The maximum Gasteiger partial charge on any atom is 0.115 e. The second kappa shape index (κ2) is 11.9. The third-order valence-electron chi connectivity index (χ3n) is 8.91. The van der Waals surface area contributed by atoms with E-state index in [4.69, 9.17) is 19.9 Å². The van der Waals surface area contributed by atoms with Crippen molar-refractivity contribution in [1.29, 1.82) is 0 Å². The summed E-state index contributed by atoms with van der Waals surface area (Å²) in [5, 5.41) is 20.3. The van der Waals surface area contributed by atoms with Gasteiger partial charge in [0.2, 0.25) is 0 Å². The molecular formula is C42H28N6O2. The summed E-state index contributed by atoms with van der Waals surface area (Å²) in [5.74, 6) is 0.365. The Hall–Kier alpha value is -7.06. The normalized spacial score (nSPS) is 12.0. The number of nitrogens with zero attached hydrogens (tertiary/aromatic N) is 4. The minimum absolute atomic E-state index is 0.183. The molecule has 7 heterocycles. The van der Waals surface area contributed by atoms with Gasteiger partial charge in [-0.3, -0.25) is 9.97 Å². The molecule has 8 nitrogen and oxygen atoms in total. The molecule has 0 fully saturated rings. The predicted octanol–water partition coefficient (Wildman–Crippen LogP) is 9.52. The van der Waals surface area contributed by atoms with Crippen molar-refractivity contribution < 1.29 is 10.2 Å². The molecule has 8 heteroatoms. The van der Waals surface area contributed by atoms with Crippen LogP contribution in [0.2, 0.25) is 0 Å². The summed E-state index contributed by atoms with van der Waals surface area (Å²) < 4.78 is 0. The number of aromatic amines is 2. The average Bonchev–Trinajstić information content (AvgIpc) is 3.98. The Kier molecular flexibility index (Phi) is 6.91. The van der Waals surface area contributed by atoms with E-state index in [0.29, 0.717) is 0 Å². The van der Waals surface area contributed by atoms with E-state index < -0.39 is 0 Å². The van der Waals surface area contributed by atoms with Crippen molar-refractivity contribution in [3.05, 3.63) is 144 Å². The number of benzene rings is 2. The molecule has 238 valence electrons. The van der Waals surface area contributed by atoms with Gasteiger partial charge in [-0.1, -0.05) is 36.4 Å². The molecule has 0 saturated heterocycles. The second-order valence-electron chi connectivity index (χ2n) is 12.0. The number of phenolic OH excluding ortho intramolecular Hbond substituents is 2. The zero-order valence-corrected chi connectivity index (χ0v) is 26.5. The lowest BCUT2D eigenvalue weighted by molar-refractivity contribution is 0.475. The van der Waals surface area contributed by atoms with Crippen LogP contribution in [0, 0.1) is 0 Å². The SMILES string of the molecule is Oc1ccc(-c2c3nc(c(-c4ccc(O)cc4)c4ccc([nH]4)c(-c4ccccn4)c4nc(c(-c5ccccn5)c5ccc2[nH]5)C=C4)C=C3)cc1. The molecular weight excluding hydrogens is 621 g/mol. The number of hydrogen-bond donors (Lipinski definition) is 4. The smallest absolute Gasteiger partial charge is 0.115 e. The summed E-state index contributed by atoms with van der Waals surface area (Å²) >= 11 is 0. The van der Waals surface area contributed by atoms with Crippen LogP contribution in [0.15, 0.2) is 122 Å². The number of pyridine rings is 2. The first-order chi connectivity index (χ1) is 24.6. The molecule has 0 spiro atoms. The third kappa shape index (κ3) is 5.12. The van der Waals surface area contributed by atoms with Gasteiger partial charge in [0, 0.05) is 45.7 Å². The molecule has 0 atom stereocenters. The summed E-state index contributed by atoms with van der Waals surface area (Å²) in [7, 11) is 0. The number of aromatic nitrogens is 6. The summed E-state index contributed by atoms with van der Waals surface area (Å²) in [6.07, 6.45) is 11.6. The predicted molar refractivity (Wildman–Crippen MR) is 200 cm³/mol. The average molecular weight is 649 g/mol. The molecule has 2 aliphatic rings. The van der Waals surface area contributed by atoms with E-state index in [9.17, 15) is 10.2 Å². The van der Waals surface area contributed by atoms with Gasteiger partial charge >= 0.3 is 0 Å². The third-order valence-corrected chi connectivity index (χ3v) is 8.91. The largest absolute Gasteiger partial charge is 0.508 e. The van der Waals surface area contributed by atoms with Crippen LogP contribution in [-0.4, -0.2) is 40.1 Å². The van der Waals surface area contributed by atoms with Crippen LogP contribution in [-0.2, 0) is 0 Å². The van der Waals surface area contributed by atoms with E-state index >= 15 is 0 Å². The van der Waals surface area contributed by atoms with Crippen molar-refractivity contribution in [3.8, 4) is 56.3 Å². The first-order valence-electron chi connectivity index (χ1n) is 16.2. The lowest BCUT2D eigenvalue weighted by Gasteiger charge is -2.06. The highest BCUT2D eigenvalue weighted by molar-refractivity contribution is 5.99. The number of H-pyrrole nitrogens is 2. The van der Waals surface area contributed by atoms with Crippen LogP contribution in [0.5, 0.6) is 11.5 Å². The summed E-state index contributed by atoms with van der Waals surface area (Å²) in [5.41, 5.74) is 13.2. The van der Waals surface area contributed by atoms with Crippen LogP contribution in [0.1, 0.15) is 22.8 Å². The second-order valence-corrected chi connectivity index (χ2v) is 12.0. The van der Waals surface area contributed by atoms with Crippen LogP contribution < -0.4 is 0 Å². The van der Waals surface area contributed by atoms with Gasteiger partial charge in [-0.05, 0) is 108 Å². The summed E-state index contributed by atoms with van der Waals surface area (Å²) in [6, 6.07) is 34.2. The Balaban J connectivity index is 1.48. The fourth-order valence-corrected chi connectivity index (χ4v) is 6.63. The van der Waals surface area contributed by atoms with Crippen molar-refractivity contribution in [2.45, 2.75) is 0 Å². The molecule has 0 amide bonds. The van der Waals surface area contributed by atoms with Gasteiger partial charge in [-0.2, -0.15) is 0 Å². The Morgan fingerprint density at radius 2 is 0.740 bits per heavy atom. The molecule has 7 aromatic rings. The maximum atomic E-state index is 10.2. The Labute approximate surface area is 286 Å². The number of rotatable bonds is 4. The molecule has 4 N–H and O–H groups in total. The van der Waals surface area contributed by atoms with Crippen LogP contribution in [0.25, 0.3) is 91.1 Å². The van der Waals surface area contributed by atoms with E-state index in [-0.39, 0.29) is 11.5 Å². The summed E-state index contributed by atoms with van der Waals surface area (Å²) in [4.78, 5) is 27.3. The highest BCUT2D eigenvalue weighted by Gasteiger charge is 2.19. The molecule has 5 aromatic heterocycles. The molecule has 2 aliphatic heterocycles. The molecule has 0 saturated carbocycles. The number of nitrogens with one attached hydrogen (secondary N) is 2. The fraction of sp³-hybridized carbons (Fsp3) is 0. The molecule has 0 unspecified atom stereocenters. The van der Waals surface area contributed by atoms with E-state index in [1.807, 2.05) is 109 Å². The quantitative estimate of drug-likeness (QED) is 0.151. The minimum atomic E-state index is 0.183. The number of phenols is 2. The number of aromatic hydroxyl groups is 2.